The molecule has 0 aromatic heterocycles. The summed E-state index contributed by atoms with van der Waals surface area (Å²) in [5.41, 5.74) is 1.05. The molecule has 38 heavy (non-hydrogen) atoms. The molecule has 0 heterocycles. The Balaban J connectivity index is 2.10. The van der Waals surface area contributed by atoms with E-state index in [1.54, 1.807) is 0 Å². The van der Waals surface area contributed by atoms with Crippen molar-refractivity contribution in [1.29, 1.82) is 0 Å². The molecule has 0 radical (unpaired) electrons. The fraction of sp³-hybridized carbons (Fsp3) is 0.750. The molecule has 2 N–H and O–H groups in total. The molecule has 0 saturated heterocycles. The van der Waals surface area contributed by atoms with E-state index in [-0.39, 0.29) is 11.5 Å². The van der Waals surface area contributed by atoms with Crippen molar-refractivity contribution in [1.82, 2.24) is 0 Å². The van der Waals surface area contributed by atoms with Crippen molar-refractivity contribution < 1.29 is 54.4 Å². The van der Waals surface area contributed by atoms with E-state index in [0.29, 0.717) is 97.5 Å². The molecule has 0 amide bonds. The molecule has 1 rings (SSSR count). The lowest BCUT2D eigenvalue weighted by molar-refractivity contribution is 0.0347. The maximum Gasteiger partial charge on any atom is 0.264 e. The van der Waals surface area contributed by atoms with Gasteiger partial charge in [-0.25, -0.2) is 0 Å². The number of benzene rings is 1. The predicted molar refractivity (Wildman–Crippen MR) is 141 cm³/mol. The first-order valence-electron chi connectivity index (χ1n) is 12.7. The minimum Gasteiger partial charge on any atom is -0.491 e. The van der Waals surface area contributed by atoms with E-state index in [1.165, 1.54) is 0 Å². The van der Waals surface area contributed by atoms with Crippen molar-refractivity contribution in [3.63, 3.8) is 0 Å². The Kier molecular flexibility index (Phi) is 18.5. The monoisotopic (exact) mass is 586 g/mol. The predicted octanol–water partition coefficient (Wildman–Crippen LogP) is 2.41. The summed E-state index contributed by atoms with van der Waals surface area (Å²) >= 11 is 0. The second kappa shape index (κ2) is 20.4. The molecule has 0 aliphatic rings. The summed E-state index contributed by atoms with van der Waals surface area (Å²) in [5, 5.41) is 0. The fourth-order valence-corrected chi connectivity index (χ4v) is 4.24. The maximum absolute atomic E-state index is 10.6. The van der Waals surface area contributed by atoms with Gasteiger partial charge in [-0.2, -0.15) is 16.8 Å². The van der Waals surface area contributed by atoms with Gasteiger partial charge < -0.3 is 28.4 Å². The summed E-state index contributed by atoms with van der Waals surface area (Å²) in [6.45, 7) is 5.91. The molecule has 12 nitrogen and oxygen atoms in total. The first-order chi connectivity index (χ1) is 18.1. The molecule has 0 aliphatic carbocycles. The second-order valence-corrected chi connectivity index (χ2v) is 11.4. The molecular weight excluding hydrogens is 544 g/mol. The Morgan fingerprint density at radius 3 is 1.53 bits per heavy atom. The number of hydrogen-bond donors (Lipinski definition) is 2. The zero-order valence-corrected chi connectivity index (χ0v) is 23.7. The number of hydrogen-bond acceptors (Lipinski definition) is 10. The minimum absolute atomic E-state index is 0.257. The SMILES string of the molecule is CCc1ccc(OCCOCCOCCCCS(=O)(=O)O)cc1OCCOCCOCCCCS(=O)(=O)O. The highest BCUT2D eigenvalue weighted by molar-refractivity contribution is 7.86. The number of rotatable bonds is 25. The standard InChI is InChI=1S/C24H42O12S2/c1-2-22-7-8-23(35-17-15-33-13-11-31-9-3-5-19-37(25,26)27)21-24(22)36-18-16-34-14-12-32-10-4-6-20-38(28,29)30/h7-8,21H,2-6,9-20H2,1H3,(H,25,26,27)(H,28,29,30). The van der Waals surface area contributed by atoms with Crippen LogP contribution in [0.4, 0.5) is 0 Å². The van der Waals surface area contributed by atoms with Crippen molar-refractivity contribution in [2.24, 2.45) is 0 Å². The molecule has 0 bridgehead atoms. The molecule has 0 fully saturated rings. The summed E-state index contributed by atoms with van der Waals surface area (Å²) in [5.74, 6) is 0.880. The van der Waals surface area contributed by atoms with Crippen LogP contribution in [0.5, 0.6) is 11.5 Å². The van der Waals surface area contributed by atoms with Gasteiger partial charge >= 0.3 is 0 Å². The summed E-state index contributed by atoms with van der Waals surface area (Å²) in [6, 6.07) is 5.67. The zero-order valence-electron chi connectivity index (χ0n) is 22.0. The molecule has 1 aromatic carbocycles. The van der Waals surface area contributed by atoms with Crippen molar-refractivity contribution in [3.8, 4) is 11.5 Å². The quantitative estimate of drug-likeness (QED) is 0.127. The van der Waals surface area contributed by atoms with E-state index in [2.05, 4.69) is 0 Å². The lowest BCUT2D eigenvalue weighted by Crippen LogP contribution is -2.13. The first-order valence-corrected chi connectivity index (χ1v) is 15.9. The van der Waals surface area contributed by atoms with Crippen LogP contribution in [0.1, 0.15) is 38.2 Å². The highest BCUT2D eigenvalue weighted by Crippen LogP contribution is 2.25. The molecule has 0 unspecified atom stereocenters. The number of unbranched alkanes of at least 4 members (excludes halogenated alkanes) is 2. The number of aryl methyl sites for hydroxylation is 1. The van der Waals surface area contributed by atoms with Crippen LogP contribution in [0.2, 0.25) is 0 Å². The van der Waals surface area contributed by atoms with E-state index in [9.17, 15) is 16.8 Å². The lowest BCUT2D eigenvalue weighted by atomic mass is 10.1. The molecular formula is C24H42O12S2. The minimum atomic E-state index is -3.91. The van der Waals surface area contributed by atoms with Gasteiger partial charge in [-0.05, 0) is 43.7 Å². The van der Waals surface area contributed by atoms with Gasteiger partial charge in [0.25, 0.3) is 20.2 Å². The van der Waals surface area contributed by atoms with E-state index in [4.69, 9.17) is 37.5 Å². The van der Waals surface area contributed by atoms with E-state index < -0.39 is 20.2 Å². The van der Waals surface area contributed by atoms with Crippen molar-refractivity contribution >= 4 is 20.2 Å². The molecule has 0 saturated carbocycles. The second-order valence-electron chi connectivity index (χ2n) is 8.26. The van der Waals surface area contributed by atoms with Crippen molar-refractivity contribution in [3.05, 3.63) is 23.8 Å². The van der Waals surface area contributed by atoms with E-state index >= 15 is 0 Å². The third-order valence-corrected chi connectivity index (χ3v) is 6.64. The Bertz CT molecular complexity index is 951. The van der Waals surface area contributed by atoms with Gasteiger partial charge in [0.1, 0.15) is 24.7 Å². The molecule has 222 valence electrons. The van der Waals surface area contributed by atoms with Crippen LogP contribution < -0.4 is 9.47 Å². The van der Waals surface area contributed by atoms with E-state index in [1.807, 2.05) is 25.1 Å². The highest BCUT2D eigenvalue weighted by Gasteiger charge is 2.06. The average Bonchev–Trinajstić information content (AvgIpc) is 2.84. The van der Waals surface area contributed by atoms with Gasteiger partial charge in [0, 0.05) is 19.3 Å². The summed E-state index contributed by atoms with van der Waals surface area (Å²) in [7, 11) is -7.81. The normalized spacial score (nSPS) is 12.1. The molecule has 14 heteroatoms. The third-order valence-electron chi connectivity index (χ3n) is 5.03. The van der Waals surface area contributed by atoms with Crippen molar-refractivity contribution in [2.45, 2.75) is 39.0 Å². The maximum atomic E-state index is 10.6. The van der Waals surface area contributed by atoms with Crippen LogP contribution >= 0.6 is 0 Å². The van der Waals surface area contributed by atoms with Crippen LogP contribution in [0.15, 0.2) is 18.2 Å². The van der Waals surface area contributed by atoms with Crippen LogP contribution in [-0.4, -0.2) is 104 Å². The zero-order chi connectivity index (χ0) is 28.1. The number of ether oxygens (including phenoxy) is 6. The van der Waals surface area contributed by atoms with Crippen LogP contribution in [0.3, 0.4) is 0 Å². The summed E-state index contributed by atoms with van der Waals surface area (Å²) < 4.78 is 93.0. The van der Waals surface area contributed by atoms with Gasteiger partial charge in [0.2, 0.25) is 0 Å². The van der Waals surface area contributed by atoms with Gasteiger partial charge in [0.05, 0.1) is 51.1 Å². The van der Waals surface area contributed by atoms with Gasteiger partial charge in [-0.3, -0.25) is 9.11 Å². The molecule has 1 aromatic rings. The molecule has 0 aliphatic heterocycles. The van der Waals surface area contributed by atoms with Crippen LogP contribution in [-0.2, 0) is 45.6 Å². The Morgan fingerprint density at radius 1 is 0.605 bits per heavy atom. The molecule has 0 spiro atoms. The summed E-state index contributed by atoms with van der Waals surface area (Å²) in [4.78, 5) is 0. The Morgan fingerprint density at radius 2 is 1.05 bits per heavy atom. The van der Waals surface area contributed by atoms with Crippen LogP contribution in [0, 0.1) is 0 Å². The summed E-state index contributed by atoms with van der Waals surface area (Å²) in [6.07, 6.45) is 2.60. The average molecular weight is 587 g/mol. The fourth-order valence-electron chi connectivity index (χ4n) is 3.10. The van der Waals surface area contributed by atoms with Crippen LogP contribution in [0.25, 0.3) is 0 Å². The van der Waals surface area contributed by atoms with Crippen molar-refractivity contribution in [2.75, 3.05) is 77.6 Å². The smallest absolute Gasteiger partial charge is 0.264 e. The third kappa shape index (κ3) is 20.4. The first kappa shape index (κ1) is 34.5. The lowest BCUT2D eigenvalue weighted by Gasteiger charge is -2.14. The Labute approximate surface area is 226 Å². The van der Waals surface area contributed by atoms with Gasteiger partial charge in [-0.15, -0.1) is 0 Å². The largest absolute Gasteiger partial charge is 0.491 e. The highest BCUT2D eigenvalue weighted by atomic mass is 32.2. The Hall–Kier alpha value is -1.52. The van der Waals surface area contributed by atoms with Gasteiger partial charge in [0.15, 0.2) is 0 Å². The van der Waals surface area contributed by atoms with E-state index in [0.717, 1.165) is 17.7 Å². The van der Waals surface area contributed by atoms with Gasteiger partial charge in [-0.1, -0.05) is 13.0 Å². The molecule has 0 atom stereocenters. The topological polar surface area (TPSA) is 164 Å².